The van der Waals surface area contributed by atoms with Gasteiger partial charge in [-0.15, -0.1) is 13.2 Å². The molecule has 1 aromatic rings. The molecular weight excluding hydrogens is 317 g/mol. The number of rotatable bonds is 2. The number of carboxylic acids is 1. The highest BCUT2D eigenvalue weighted by Crippen LogP contribution is 2.28. The predicted octanol–water partition coefficient (Wildman–Crippen LogP) is 3.17. The number of carboxylic acid groups (broad SMARTS) is 1. The van der Waals surface area contributed by atoms with Crippen molar-refractivity contribution in [2.75, 3.05) is 0 Å². The van der Waals surface area contributed by atoms with Crippen LogP contribution in [0.4, 0.5) is 13.2 Å². The van der Waals surface area contributed by atoms with E-state index >= 15 is 0 Å². The summed E-state index contributed by atoms with van der Waals surface area (Å²) in [5.41, 5.74) is -0.0308. The molecule has 1 rings (SSSR count). The average molecular weight is 323 g/mol. The Hall–Kier alpha value is -1.68. The number of aliphatic carboxylic acids is 1. The molecule has 96 valence electrons. The zero-order valence-electron chi connectivity index (χ0n) is 8.71. The summed E-state index contributed by atoms with van der Waals surface area (Å²) < 4.78 is 40.6. The minimum atomic E-state index is -4.83. The Morgan fingerprint density at radius 2 is 2.11 bits per heavy atom. The predicted molar refractivity (Wildman–Crippen MR) is 60.0 cm³/mol. The third-order valence-electron chi connectivity index (χ3n) is 1.63. The first-order chi connectivity index (χ1) is 8.28. The fourth-order valence-corrected chi connectivity index (χ4v) is 1.36. The number of carbonyl (C=O) groups is 1. The van der Waals surface area contributed by atoms with Gasteiger partial charge in [0, 0.05) is 4.47 Å². The first kappa shape index (κ1) is 14.4. The van der Waals surface area contributed by atoms with Gasteiger partial charge in [-0.2, -0.15) is 0 Å². The zero-order chi connectivity index (χ0) is 13.8. The number of hydrogen-bond acceptors (Lipinski definition) is 2. The lowest BCUT2D eigenvalue weighted by Crippen LogP contribution is -2.17. The molecule has 0 radical (unpaired) electrons. The van der Waals surface area contributed by atoms with Crippen LogP contribution in [0.25, 0.3) is 0 Å². The molecule has 0 aromatic heterocycles. The van der Waals surface area contributed by atoms with Crippen molar-refractivity contribution in [3.8, 4) is 17.6 Å². The summed E-state index contributed by atoms with van der Waals surface area (Å²) in [7, 11) is 0. The minimum Gasteiger partial charge on any atom is -0.481 e. The maximum absolute atomic E-state index is 12.1. The summed E-state index contributed by atoms with van der Waals surface area (Å²) in [6.07, 6.45) is -5.29. The topological polar surface area (TPSA) is 46.5 Å². The summed E-state index contributed by atoms with van der Waals surface area (Å²) in [5, 5.41) is 8.37. The SMILES string of the molecule is O=C(O)CC#Cc1ccc(Br)cc1OC(F)(F)F. The van der Waals surface area contributed by atoms with E-state index in [-0.39, 0.29) is 5.56 Å². The smallest absolute Gasteiger partial charge is 0.481 e. The molecule has 0 unspecified atom stereocenters. The van der Waals surface area contributed by atoms with Crippen LogP contribution in [0.3, 0.4) is 0 Å². The van der Waals surface area contributed by atoms with Crippen LogP contribution in [0.15, 0.2) is 22.7 Å². The van der Waals surface area contributed by atoms with Crippen LogP contribution < -0.4 is 4.74 Å². The second kappa shape index (κ2) is 5.78. The van der Waals surface area contributed by atoms with Gasteiger partial charge in [-0.25, -0.2) is 0 Å². The van der Waals surface area contributed by atoms with Crippen molar-refractivity contribution < 1.29 is 27.8 Å². The van der Waals surface area contributed by atoms with E-state index in [1.165, 1.54) is 12.1 Å². The molecule has 0 fully saturated rings. The third kappa shape index (κ3) is 5.10. The van der Waals surface area contributed by atoms with Crippen molar-refractivity contribution in [2.45, 2.75) is 12.8 Å². The average Bonchev–Trinajstić information content (AvgIpc) is 2.18. The van der Waals surface area contributed by atoms with Gasteiger partial charge in [0.15, 0.2) is 0 Å². The van der Waals surface area contributed by atoms with Gasteiger partial charge in [0.25, 0.3) is 0 Å². The second-order valence-corrected chi connectivity index (χ2v) is 3.98. The Morgan fingerprint density at radius 1 is 1.44 bits per heavy atom. The van der Waals surface area contributed by atoms with Gasteiger partial charge in [-0.1, -0.05) is 27.8 Å². The molecule has 0 amide bonds. The molecule has 0 aliphatic heterocycles. The maximum atomic E-state index is 12.1. The lowest BCUT2D eigenvalue weighted by Gasteiger charge is -2.10. The van der Waals surface area contributed by atoms with E-state index in [0.29, 0.717) is 4.47 Å². The van der Waals surface area contributed by atoms with Crippen LogP contribution in [0.5, 0.6) is 5.75 Å². The highest BCUT2D eigenvalue weighted by molar-refractivity contribution is 9.10. The summed E-state index contributed by atoms with van der Waals surface area (Å²) >= 11 is 3.01. The van der Waals surface area contributed by atoms with Gasteiger partial charge >= 0.3 is 12.3 Å². The van der Waals surface area contributed by atoms with Gasteiger partial charge in [0.1, 0.15) is 12.2 Å². The largest absolute Gasteiger partial charge is 0.573 e. The molecule has 0 aliphatic rings. The van der Waals surface area contributed by atoms with Crippen molar-refractivity contribution in [1.82, 2.24) is 0 Å². The lowest BCUT2D eigenvalue weighted by molar-refractivity contribution is -0.274. The molecule has 1 N–H and O–H groups in total. The molecule has 0 spiro atoms. The normalized spacial score (nSPS) is 10.4. The van der Waals surface area contributed by atoms with E-state index in [9.17, 15) is 18.0 Å². The molecule has 0 saturated carbocycles. The number of benzene rings is 1. The van der Waals surface area contributed by atoms with Crippen LogP contribution >= 0.6 is 15.9 Å². The van der Waals surface area contributed by atoms with E-state index < -0.39 is 24.5 Å². The Balaban J connectivity index is 3.02. The van der Waals surface area contributed by atoms with Crippen LogP contribution in [0, 0.1) is 11.8 Å². The van der Waals surface area contributed by atoms with E-state index in [4.69, 9.17) is 5.11 Å². The number of halogens is 4. The first-order valence-corrected chi connectivity index (χ1v) is 5.33. The maximum Gasteiger partial charge on any atom is 0.573 e. The highest BCUT2D eigenvalue weighted by Gasteiger charge is 2.32. The third-order valence-corrected chi connectivity index (χ3v) is 2.13. The Labute approximate surface area is 109 Å². The zero-order valence-corrected chi connectivity index (χ0v) is 10.3. The molecule has 18 heavy (non-hydrogen) atoms. The van der Waals surface area contributed by atoms with Gasteiger partial charge in [0.2, 0.25) is 0 Å². The lowest BCUT2D eigenvalue weighted by atomic mass is 10.2. The van der Waals surface area contributed by atoms with Gasteiger partial charge in [0.05, 0.1) is 5.56 Å². The quantitative estimate of drug-likeness (QED) is 0.851. The number of ether oxygens (including phenoxy) is 1. The summed E-state index contributed by atoms with van der Waals surface area (Å²) in [4.78, 5) is 10.2. The fraction of sp³-hybridized carbons (Fsp3) is 0.182. The number of alkyl halides is 3. The molecule has 7 heteroatoms. The fourth-order valence-electron chi connectivity index (χ4n) is 1.02. The van der Waals surface area contributed by atoms with E-state index in [1.807, 2.05) is 0 Å². The first-order valence-electron chi connectivity index (χ1n) is 4.54. The van der Waals surface area contributed by atoms with Crippen molar-refractivity contribution in [2.24, 2.45) is 0 Å². The van der Waals surface area contributed by atoms with Crippen molar-refractivity contribution in [1.29, 1.82) is 0 Å². The Kier molecular flexibility index (Phi) is 4.62. The van der Waals surface area contributed by atoms with E-state index in [2.05, 4.69) is 32.5 Å². The van der Waals surface area contributed by atoms with Gasteiger partial charge in [-0.3, -0.25) is 4.79 Å². The summed E-state index contributed by atoms with van der Waals surface area (Å²) in [5.74, 6) is 2.92. The minimum absolute atomic E-state index is 0.0308. The van der Waals surface area contributed by atoms with E-state index in [0.717, 1.165) is 6.07 Å². The van der Waals surface area contributed by atoms with Crippen molar-refractivity contribution in [3.63, 3.8) is 0 Å². The van der Waals surface area contributed by atoms with E-state index in [1.54, 1.807) is 0 Å². The van der Waals surface area contributed by atoms with Gasteiger partial charge < -0.3 is 9.84 Å². The second-order valence-electron chi connectivity index (χ2n) is 3.06. The molecule has 0 atom stereocenters. The van der Waals surface area contributed by atoms with Crippen LogP contribution in [0.1, 0.15) is 12.0 Å². The summed E-state index contributed by atoms with van der Waals surface area (Å²) in [6, 6.07) is 3.90. The van der Waals surface area contributed by atoms with Crippen LogP contribution in [0.2, 0.25) is 0 Å². The number of hydrogen-bond donors (Lipinski definition) is 1. The molecule has 0 saturated heterocycles. The van der Waals surface area contributed by atoms with Crippen molar-refractivity contribution >= 4 is 21.9 Å². The highest BCUT2D eigenvalue weighted by atomic mass is 79.9. The molecular formula is C11H6BrF3O3. The molecule has 3 nitrogen and oxygen atoms in total. The monoisotopic (exact) mass is 322 g/mol. The standard InChI is InChI=1S/C11H6BrF3O3/c12-8-5-4-7(2-1-3-10(16)17)9(6-8)18-11(13,14)15/h4-6H,3H2,(H,16,17). The van der Waals surface area contributed by atoms with Crippen LogP contribution in [-0.4, -0.2) is 17.4 Å². The van der Waals surface area contributed by atoms with Gasteiger partial charge in [-0.05, 0) is 18.2 Å². The Bertz CT molecular complexity index is 514. The Morgan fingerprint density at radius 3 is 2.67 bits per heavy atom. The molecule has 0 heterocycles. The molecule has 0 bridgehead atoms. The molecule has 1 aromatic carbocycles. The van der Waals surface area contributed by atoms with Crippen molar-refractivity contribution in [3.05, 3.63) is 28.2 Å². The summed E-state index contributed by atoms with van der Waals surface area (Å²) in [6.45, 7) is 0. The molecule has 0 aliphatic carbocycles. The van der Waals surface area contributed by atoms with Crippen LogP contribution in [-0.2, 0) is 4.79 Å².